The molecule has 1 saturated heterocycles. The van der Waals surface area contributed by atoms with Gasteiger partial charge in [0, 0.05) is 13.1 Å². The Morgan fingerprint density at radius 1 is 1.57 bits per heavy atom. The SMILES string of the molecule is CC1CCN(S(=O)(=O)c2cc(Cl)c(Br)c(N)c2F)CC1O. The van der Waals surface area contributed by atoms with Crippen LogP contribution in [-0.4, -0.2) is 37.0 Å². The van der Waals surface area contributed by atoms with E-state index >= 15 is 0 Å². The molecule has 1 aromatic carbocycles. The van der Waals surface area contributed by atoms with Crippen LogP contribution in [0.5, 0.6) is 0 Å². The lowest BCUT2D eigenvalue weighted by molar-refractivity contribution is 0.0604. The summed E-state index contributed by atoms with van der Waals surface area (Å²) < 4.78 is 40.4. The molecule has 1 fully saturated rings. The third-order valence-electron chi connectivity index (χ3n) is 3.66. The molecule has 1 aromatic rings. The fraction of sp³-hybridized carbons (Fsp3) is 0.500. The second-order valence-corrected chi connectivity index (χ2v) is 8.20. The van der Waals surface area contributed by atoms with Gasteiger partial charge >= 0.3 is 0 Å². The number of nitrogen functional groups attached to an aromatic ring is 1. The summed E-state index contributed by atoms with van der Waals surface area (Å²) in [5.74, 6) is -1.04. The van der Waals surface area contributed by atoms with Gasteiger partial charge in [0.05, 0.1) is 21.3 Å². The standard InChI is InChI=1S/C12H15BrClFN2O3S/c1-6-2-3-17(5-8(6)18)21(19,20)9-4-7(14)10(13)12(16)11(9)15/h4,6,8,18H,2-3,5,16H2,1H3. The number of nitrogens with two attached hydrogens (primary N) is 1. The van der Waals surface area contributed by atoms with E-state index in [1.807, 2.05) is 6.92 Å². The smallest absolute Gasteiger partial charge is 0.246 e. The van der Waals surface area contributed by atoms with Gasteiger partial charge in [-0.15, -0.1) is 0 Å². The van der Waals surface area contributed by atoms with Crippen molar-refractivity contribution in [3.8, 4) is 0 Å². The van der Waals surface area contributed by atoms with Gasteiger partial charge in [-0.05, 0) is 34.3 Å². The summed E-state index contributed by atoms with van der Waals surface area (Å²) >= 11 is 8.86. The molecule has 2 unspecified atom stereocenters. The van der Waals surface area contributed by atoms with Crippen molar-refractivity contribution in [3.63, 3.8) is 0 Å². The number of hydrogen-bond acceptors (Lipinski definition) is 4. The van der Waals surface area contributed by atoms with Crippen molar-refractivity contribution >= 4 is 43.2 Å². The predicted octanol–water partition coefficient (Wildman–Crippen LogP) is 2.22. The van der Waals surface area contributed by atoms with Gasteiger partial charge in [-0.2, -0.15) is 4.31 Å². The topological polar surface area (TPSA) is 83.6 Å². The van der Waals surface area contributed by atoms with E-state index < -0.39 is 26.8 Å². The van der Waals surface area contributed by atoms with Crippen molar-refractivity contribution < 1.29 is 17.9 Å². The Hall–Kier alpha value is -0.410. The van der Waals surface area contributed by atoms with E-state index in [9.17, 15) is 17.9 Å². The number of anilines is 1. The molecule has 0 aliphatic carbocycles. The summed E-state index contributed by atoms with van der Waals surface area (Å²) in [7, 11) is -4.10. The normalized spacial score (nSPS) is 24.2. The average molecular weight is 402 g/mol. The number of halogens is 3. The van der Waals surface area contributed by atoms with Crippen LogP contribution < -0.4 is 5.73 Å². The molecule has 0 saturated carbocycles. The molecule has 2 rings (SSSR count). The minimum absolute atomic E-state index is 0.000118. The van der Waals surface area contributed by atoms with E-state index in [0.717, 1.165) is 10.4 Å². The van der Waals surface area contributed by atoms with Gasteiger partial charge in [0.25, 0.3) is 0 Å². The first kappa shape index (κ1) is 17.0. The molecule has 0 spiro atoms. The molecule has 118 valence electrons. The van der Waals surface area contributed by atoms with Crippen molar-refractivity contribution in [2.45, 2.75) is 24.3 Å². The number of hydrogen-bond donors (Lipinski definition) is 2. The van der Waals surface area contributed by atoms with E-state index in [4.69, 9.17) is 17.3 Å². The lowest BCUT2D eigenvalue weighted by Crippen LogP contribution is -2.45. The summed E-state index contributed by atoms with van der Waals surface area (Å²) in [5.41, 5.74) is 5.17. The maximum absolute atomic E-state index is 14.2. The summed E-state index contributed by atoms with van der Waals surface area (Å²) in [6, 6.07) is 1.02. The number of sulfonamides is 1. The maximum atomic E-state index is 14.2. The molecular weight excluding hydrogens is 387 g/mol. The zero-order valence-electron chi connectivity index (χ0n) is 11.2. The zero-order chi connectivity index (χ0) is 15.9. The molecule has 1 aliphatic rings. The molecule has 2 atom stereocenters. The van der Waals surface area contributed by atoms with Gasteiger partial charge in [0.15, 0.2) is 5.82 Å². The highest BCUT2D eigenvalue weighted by molar-refractivity contribution is 9.10. The number of rotatable bonds is 2. The van der Waals surface area contributed by atoms with Crippen molar-refractivity contribution in [2.24, 2.45) is 5.92 Å². The second kappa shape index (κ2) is 6.00. The molecular formula is C12H15BrClFN2O3S. The van der Waals surface area contributed by atoms with Crippen molar-refractivity contribution in [1.82, 2.24) is 4.31 Å². The Bertz CT molecular complexity index is 671. The van der Waals surface area contributed by atoms with Gasteiger partial charge in [0.1, 0.15) is 4.90 Å². The van der Waals surface area contributed by atoms with Crippen LogP contribution in [0, 0.1) is 11.7 Å². The number of aliphatic hydroxyl groups is 1. The molecule has 0 amide bonds. The van der Waals surface area contributed by atoms with Crippen molar-refractivity contribution in [2.75, 3.05) is 18.8 Å². The van der Waals surface area contributed by atoms with Crippen LogP contribution in [0.3, 0.4) is 0 Å². The highest BCUT2D eigenvalue weighted by atomic mass is 79.9. The van der Waals surface area contributed by atoms with Crippen LogP contribution in [0.2, 0.25) is 5.02 Å². The van der Waals surface area contributed by atoms with E-state index in [-0.39, 0.29) is 34.2 Å². The maximum Gasteiger partial charge on any atom is 0.246 e. The Labute approximate surface area is 136 Å². The Morgan fingerprint density at radius 3 is 2.76 bits per heavy atom. The third kappa shape index (κ3) is 3.05. The first-order valence-electron chi connectivity index (χ1n) is 6.27. The minimum atomic E-state index is -4.10. The Morgan fingerprint density at radius 2 is 2.19 bits per heavy atom. The number of nitrogens with zero attached hydrogens (tertiary/aromatic N) is 1. The van der Waals surface area contributed by atoms with Gasteiger partial charge in [-0.25, -0.2) is 12.8 Å². The zero-order valence-corrected chi connectivity index (χ0v) is 14.3. The monoisotopic (exact) mass is 400 g/mol. The largest absolute Gasteiger partial charge is 0.395 e. The molecule has 1 aliphatic heterocycles. The van der Waals surface area contributed by atoms with E-state index in [1.165, 1.54) is 0 Å². The molecule has 21 heavy (non-hydrogen) atoms. The summed E-state index contributed by atoms with van der Waals surface area (Å²) in [6.45, 7) is 1.98. The summed E-state index contributed by atoms with van der Waals surface area (Å²) in [6.07, 6.45) is -0.276. The van der Waals surface area contributed by atoms with Crippen molar-refractivity contribution in [1.29, 1.82) is 0 Å². The molecule has 9 heteroatoms. The third-order valence-corrected chi connectivity index (χ3v) is 6.90. The fourth-order valence-corrected chi connectivity index (χ4v) is 4.30. The van der Waals surface area contributed by atoms with Crippen LogP contribution in [-0.2, 0) is 10.0 Å². The lowest BCUT2D eigenvalue weighted by atomic mass is 9.98. The molecule has 0 bridgehead atoms. The fourth-order valence-electron chi connectivity index (χ4n) is 2.16. The van der Waals surface area contributed by atoms with Gasteiger partial charge in [0.2, 0.25) is 10.0 Å². The Balaban J connectivity index is 2.46. The van der Waals surface area contributed by atoms with Gasteiger partial charge in [-0.3, -0.25) is 0 Å². The van der Waals surface area contributed by atoms with E-state index in [1.54, 1.807) is 0 Å². The highest BCUT2D eigenvalue weighted by Gasteiger charge is 2.35. The lowest BCUT2D eigenvalue weighted by Gasteiger charge is -2.33. The first-order valence-corrected chi connectivity index (χ1v) is 8.88. The van der Waals surface area contributed by atoms with Gasteiger partial charge < -0.3 is 10.8 Å². The second-order valence-electron chi connectivity index (χ2n) is 5.09. The number of benzene rings is 1. The van der Waals surface area contributed by atoms with Crippen LogP contribution in [0.25, 0.3) is 0 Å². The molecule has 1 heterocycles. The molecule has 5 nitrogen and oxygen atoms in total. The minimum Gasteiger partial charge on any atom is -0.395 e. The van der Waals surface area contributed by atoms with Crippen molar-refractivity contribution in [3.05, 3.63) is 21.4 Å². The number of aliphatic hydroxyl groups excluding tert-OH is 1. The number of piperidine rings is 1. The van der Waals surface area contributed by atoms with Gasteiger partial charge in [-0.1, -0.05) is 18.5 Å². The van der Waals surface area contributed by atoms with Crippen LogP contribution in [0.1, 0.15) is 13.3 Å². The predicted molar refractivity (Wildman–Crippen MR) is 82.1 cm³/mol. The molecule has 0 aromatic heterocycles. The number of β-amino-alcohol motifs (C(OH)–C–C–N with tert-alkyl or cyclic N) is 1. The van der Waals surface area contributed by atoms with Crippen LogP contribution >= 0.6 is 27.5 Å². The molecule has 0 radical (unpaired) electrons. The molecule has 3 N–H and O–H groups in total. The van der Waals surface area contributed by atoms with Crippen LogP contribution in [0.4, 0.5) is 10.1 Å². The highest BCUT2D eigenvalue weighted by Crippen LogP contribution is 2.36. The Kier molecular flexibility index (Phi) is 4.84. The first-order chi connectivity index (χ1) is 9.66. The quantitative estimate of drug-likeness (QED) is 0.588. The van der Waals surface area contributed by atoms with E-state index in [2.05, 4.69) is 15.9 Å². The van der Waals surface area contributed by atoms with Crippen LogP contribution in [0.15, 0.2) is 15.4 Å². The van der Waals surface area contributed by atoms with E-state index in [0.29, 0.717) is 6.42 Å². The summed E-state index contributed by atoms with van der Waals surface area (Å²) in [4.78, 5) is -0.574. The average Bonchev–Trinajstić information content (AvgIpc) is 2.43. The summed E-state index contributed by atoms with van der Waals surface area (Å²) in [5, 5.41) is 9.84.